The molecule has 0 aromatic heterocycles. The Labute approximate surface area is 144 Å². The van der Waals surface area contributed by atoms with Gasteiger partial charge in [-0.3, -0.25) is 4.99 Å². The molecule has 1 aromatic rings. The molecule has 5 heteroatoms. The molecule has 0 fully saturated rings. The lowest BCUT2D eigenvalue weighted by Gasteiger charge is -2.23. The standard InChI is InChI=1S/C15H25N3S.HI/c1-12-6-8-13(9-7-12)10-17-14(16-4)18-11-15(2,3)19-5;/h6-9H,10-11H2,1-5H3,(H2,16,17,18);1H. The van der Waals surface area contributed by atoms with Crippen molar-refractivity contribution in [2.45, 2.75) is 32.1 Å². The summed E-state index contributed by atoms with van der Waals surface area (Å²) in [6.07, 6.45) is 2.13. The van der Waals surface area contributed by atoms with Crippen LogP contribution in [-0.4, -0.2) is 30.6 Å². The van der Waals surface area contributed by atoms with Gasteiger partial charge in [-0.2, -0.15) is 11.8 Å². The normalized spacial score (nSPS) is 11.8. The highest BCUT2D eigenvalue weighted by Gasteiger charge is 2.15. The van der Waals surface area contributed by atoms with Crippen LogP contribution in [0.4, 0.5) is 0 Å². The van der Waals surface area contributed by atoms with Crippen LogP contribution >= 0.6 is 35.7 Å². The van der Waals surface area contributed by atoms with E-state index in [0.29, 0.717) is 0 Å². The summed E-state index contributed by atoms with van der Waals surface area (Å²) in [5, 5.41) is 6.69. The predicted molar refractivity (Wildman–Crippen MR) is 102 cm³/mol. The quantitative estimate of drug-likeness (QED) is 0.446. The van der Waals surface area contributed by atoms with Crippen LogP contribution in [0.15, 0.2) is 29.3 Å². The molecular formula is C15H26IN3S. The van der Waals surface area contributed by atoms with Gasteiger partial charge >= 0.3 is 0 Å². The van der Waals surface area contributed by atoms with Crippen LogP contribution in [-0.2, 0) is 6.54 Å². The largest absolute Gasteiger partial charge is 0.355 e. The van der Waals surface area contributed by atoms with Crippen LogP contribution < -0.4 is 10.6 Å². The Morgan fingerprint density at radius 2 is 1.80 bits per heavy atom. The molecule has 0 radical (unpaired) electrons. The molecule has 0 aliphatic heterocycles. The van der Waals surface area contributed by atoms with Crippen molar-refractivity contribution in [1.82, 2.24) is 10.6 Å². The number of nitrogens with zero attached hydrogens (tertiary/aromatic N) is 1. The molecule has 0 saturated carbocycles. The summed E-state index contributed by atoms with van der Waals surface area (Å²) in [6.45, 7) is 8.22. The summed E-state index contributed by atoms with van der Waals surface area (Å²) in [5.41, 5.74) is 2.55. The second-order valence-electron chi connectivity index (χ2n) is 5.23. The van der Waals surface area contributed by atoms with Crippen molar-refractivity contribution in [2.75, 3.05) is 19.8 Å². The molecule has 0 atom stereocenters. The lowest BCUT2D eigenvalue weighted by Crippen LogP contribution is -2.42. The summed E-state index contributed by atoms with van der Waals surface area (Å²) < 4.78 is 0.210. The Morgan fingerprint density at radius 1 is 1.20 bits per heavy atom. The smallest absolute Gasteiger partial charge is 0.191 e. The maximum atomic E-state index is 4.24. The molecule has 114 valence electrons. The lowest BCUT2D eigenvalue weighted by atomic mass is 10.1. The van der Waals surface area contributed by atoms with Gasteiger partial charge in [0.2, 0.25) is 0 Å². The van der Waals surface area contributed by atoms with E-state index in [-0.39, 0.29) is 28.7 Å². The van der Waals surface area contributed by atoms with E-state index in [1.165, 1.54) is 11.1 Å². The molecule has 1 aromatic carbocycles. The van der Waals surface area contributed by atoms with Crippen molar-refractivity contribution in [1.29, 1.82) is 0 Å². The maximum Gasteiger partial charge on any atom is 0.191 e. The van der Waals surface area contributed by atoms with Crippen molar-refractivity contribution >= 4 is 41.7 Å². The zero-order valence-corrected chi connectivity index (χ0v) is 16.1. The van der Waals surface area contributed by atoms with Gasteiger partial charge in [-0.15, -0.1) is 24.0 Å². The second-order valence-corrected chi connectivity index (χ2v) is 6.74. The molecule has 0 heterocycles. The number of thioether (sulfide) groups is 1. The lowest BCUT2D eigenvalue weighted by molar-refractivity contribution is 0.664. The van der Waals surface area contributed by atoms with Crippen molar-refractivity contribution in [3.63, 3.8) is 0 Å². The van der Waals surface area contributed by atoms with Gasteiger partial charge in [0.25, 0.3) is 0 Å². The van der Waals surface area contributed by atoms with Crippen molar-refractivity contribution in [2.24, 2.45) is 4.99 Å². The number of benzene rings is 1. The minimum absolute atomic E-state index is 0. The van der Waals surface area contributed by atoms with Gasteiger partial charge in [0.05, 0.1) is 0 Å². The zero-order valence-electron chi connectivity index (χ0n) is 13.0. The molecule has 20 heavy (non-hydrogen) atoms. The van der Waals surface area contributed by atoms with E-state index in [1.54, 1.807) is 7.05 Å². The van der Waals surface area contributed by atoms with Crippen LogP contribution in [0.1, 0.15) is 25.0 Å². The third-order valence-corrected chi connectivity index (χ3v) is 4.29. The average molecular weight is 407 g/mol. The SMILES string of the molecule is CN=C(NCc1ccc(C)cc1)NCC(C)(C)SC.I. The Hall–Kier alpha value is -0.430. The van der Waals surface area contributed by atoms with Crippen molar-refractivity contribution < 1.29 is 0 Å². The molecule has 3 nitrogen and oxygen atoms in total. The predicted octanol–water partition coefficient (Wildman–Crippen LogP) is 3.42. The van der Waals surface area contributed by atoms with E-state index in [9.17, 15) is 0 Å². The minimum Gasteiger partial charge on any atom is -0.355 e. The molecule has 0 aliphatic rings. The third kappa shape index (κ3) is 7.38. The van der Waals surface area contributed by atoms with Gasteiger partial charge in [-0.1, -0.05) is 29.8 Å². The molecule has 1 rings (SSSR count). The molecule has 0 amide bonds. The van der Waals surface area contributed by atoms with E-state index in [4.69, 9.17) is 0 Å². The van der Waals surface area contributed by atoms with Gasteiger partial charge in [-0.05, 0) is 32.6 Å². The van der Waals surface area contributed by atoms with Gasteiger partial charge in [-0.25, -0.2) is 0 Å². The molecule has 0 unspecified atom stereocenters. The first-order valence-electron chi connectivity index (χ1n) is 6.52. The monoisotopic (exact) mass is 407 g/mol. The number of nitrogens with one attached hydrogen (secondary N) is 2. The molecule has 0 aliphatic carbocycles. The topological polar surface area (TPSA) is 36.4 Å². The van der Waals surface area contributed by atoms with Crippen molar-refractivity contribution in [3.8, 4) is 0 Å². The number of guanidine groups is 1. The van der Waals surface area contributed by atoms with Crippen LogP contribution in [0.3, 0.4) is 0 Å². The van der Waals surface area contributed by atoms with Crippen LogP contribution in [0.5, 0.6) is 0 Å². The molecule has 0 saturated heterocycles. The fourth-order valence-electron chi connectivity index (χ4n) is 1.48. The van der Waals surface area contributed by atoms with Gasteiger partial charge in [0.1, 0.15) is 0 Å². The summed E-state index contributed by atoms with van der Waals surface area (Å²) >= 11 is 1.85. The minimum atomic E-state index is 0. The number of hydrogen-bond donors (Lipinski definition) is 2. The Kier molecular flexibility index (Phi) is 9.29. The van der Waals surface area contributed by atoms with E-state index in [2.05, 4.69) is 66.9 Å². The first-order valence-corrected chi connectivity index (χ1v) is 7.74. The van der Waals surface area contributed by atoms with E-state index in [1.807, 2.05) is 11.8 Å². The van der Waals surface area contributed by atoms with E-state index in [0.717, 1.165) is 19.0 Å². The van der Waals surface area contributed by atoms with Gasteiger partial charge in [0.15, 0.2) is 5.96 Å². The van der Waals surface area contributed by atoms with E-state index < -0.39 is 0 Å². The summed E-state index contributed by atoms with van der Waals surface area (Å²) in [5.74, 6) is 0.850. The van der Waals surface area contributed by atoms with Crippen LogP contribution in [0.2, 0.25) is 0 Å². The fourth-order valence-corrected chi connectivity index (χ4v) is 1.70. The fraction of sp³-hybridized carbons (Fsp3) is 0.533. The third-order valence-electron chi connectivity index (χ3n) is 3.04. The zero-order chi connectivity index (χ0) is 14.3. The highest BCUT2D eigenvalue weighted by molar-refractivity contribution is 14.0. The molecule has 0 bridgehead atoms. The van der Waals surface area contributed by atoms with Gasteiger partial charge in [0, 0.05) is 24.9 Å². The number of rotatable bonds is 5. The second kappa shape index (κ2) is 9.50. The summed E-state index contributed by atoms with van der Waals surface area (Å²) in [6, 6.07) is 8.54. The molecule has 2 N–H and O–H groups in total. The Morgan fingerprint density at radius 3 is 2.30 bits per heavy atom. The van der Waals surface area contributed by atoms with Gasteiger partial charge < -0.3 is 10.6 Å². The van der Waals surface area contributed by atoms with E-state index >= 15 is 0 Å². The number of aryl methyl sites for hydroxylation is 1. The van der Waals surface area contributed by atoms with Crippen LogP contribution in [0, 0.1) is 6.92 Å². The first-order chi connectivity index (χ1) is 8.96. The van der Waals surface area contributed by atoms with Crippen LogP contribution in [0.25, 0.3) is 0 Å². The number of hydrogen-bond acceptors (Lipinski definition) is 2. The highest BCUT2D eigenvalue weighted by Crippen LogP contribution is 2.19. The molecular weight excluding hydrogens is 381 g/mol. The number of halogens is 1. The number of aliphatic imine (C=N–C) groups is 1. The first kappa shape index (κ1) is 19.6. The average Bonchev–Trinajstić information content (AvgIpc) is 2.41. The Balaban J connectivity index is 0.00000361. The van der Waals surface area contributed by atoms with Crippen molar-refractivity contribution in [3.05, 3.63) is 35.4 Å². The molecule has 0 spiro atoms. The maximum absolute atomic E-state index is 4.24. The highest BCUT2D eigenvalue weighted by atomic mass is 127. The summed E-state index contributed by atoms with van der Waals surface area (Å²) in [7, 11) is 1.80. The summed E-state index contributed by atoms with van der Waals surface area (Å²) in [4.78, 5) is 4.24. The Bertz CT molecular complexity index is 416.